The van der Waals surface area contributed by atoms with Crippen LogP contribution in [0.4, 0.5) is 0 Å². The molecule has 178 valence electrons. The highest BCUT2D eigenvalue weighted by Crippen LogP contribution is 2.10. The molecule has 1 aliphatic heterocycles. The Morgan fingerprint density at radius 1 is 1.15 bits per heavy atom. The third-order valence-electron chi connectivity index (χ3n) is 5.44. The minimum Gasteiger partial charge on any atom is -0.467 e. The number of hydrogen-bond donors (Lipinski definition) is 2. The second kappa shape index (κ2) is 12.7. The van der Waals surface area contributed by atoms with Crippen LogP contribution in [0.1, 0.15) is 34.0 Å². The Morgan fingerprint density at radius 3 is 2.44 bits per heavy atom. The standard InChI is InChI=1S/C27H30N2O5/c1-20(30)25(27(32)33-2)28-26(31)24-13-11-22(12-14-24)6-4-3-5-21-7-9-23(10-8-21)19-29-15-17-34-18-16-29/h3,5,7-14,20,25,30H,15-19H2,1-2H3,(H,28,31)/b5-3+. The van der Waals surface area contributed by atoms with Crippen LogP contribution in [0.15, 0.2) is 54.6 Å². The number of amides is 1. The van der Waals surface area contributed by atoms with E-state index in [0.717, 1.165) is 44.0 Å². The van der Waals surface area contributed by atoms with E-state index in [4.69, 9.17) is 4.74 Å². The Balaban J connectivity index is 1.53. The quantitative estimate of drug-likeness (QED) is 0.485. The molecule has 0 radical (unpaired) electrons. The maximum atomic E-state index is 12.4. The maximum absolute atomic E-state index is 12.4. The molecule has 2 N–H and O–H groups in total. The highest BCUT2D eigenvalue weighted by molar-refractivity contribution is 5.97. The van der Waals surface area contributed by atoms with E-state index in [1.807, 2.05) is 6.08 Å². The van der Waals surface area contributed by atoms with Crippen molar-refractivity contribution in [1.82, 2.24) is 10.2 Å². The number of carbonyl (C=O) groups excluding carboxylic acids is 2. The molecule has 2 aromatic rings. The maximum Gasteiger partial charge on any atom is 0.331 e. The first-order valence-electron chi connectivity index (χ1n) is 11.2. The van der Waals surface area contributed by atoms with Crippen LogP contribution in [0.5, 0.6) is 0 Å². The molecule has 2 aromatic carbocycles. The number of ether oxygens (including phenoxy) is 2. The number of hydrogen-bond acceptors (Lipinski definition) is 6. The highest BCUT2D eigenvalue weighted by Gasteiger charge is 2.26. The summed E-state index contributed by atoms with van der Waals surface area (Å²) in [5.74, 6) is 4.85. The average Bonchev–Trinajstić information content (AvgIpc) is 2.86. The van der Waals surface area contributed by atoms with Crippen LogP contribution in [0, 0.1) is 11.8 Å². The summed E-state index contributed by atoms with van der Waals surface area (Å²) < 4.78 is 10.00. The van der Waals surface area contributed by atoms with Gasteiger partial charge in [-0.05, 0) is 54.5 Å². The lowest BCUT2D eigenvalue weighted by atomic mass is 10.1. The summed E-state index contributed by atoms with van der Waals surface area (Å²) in [6, 6.07) is 14.0. The van der Waals surface area contributed by atoms with Gasteiger partial charge in [0.1, 0.15) is 0 Å². The van der Waals surface area contributed by atoms with Gasteiger partial charge in [-0.25, -0.2) is 4.79 Å². The Morgan fingerprint density at radius 2 is 1.82 bits per heavy atom. The predicted molar refractivity (Wildman–Crippen MR) is 130 cm³/mol. The number of nitrogens with one attached hydrogen (secondary N) is 1. The van der Waals surface area contributed by atoms with Crippen molar-refractivity contribution >= 4 is 18.0 Å². The van der Waals surface area contributed by atoms with Crippen molar-refractivity contribution in [3.8, 4) is 11.8 Å². The number of nitrogens with zero attached hydrogens (tertiary/aromatic N) is 1. The van der Waals surface area contributed by atoms with Gasteiger partial charge in [0.05, 0.1) is 26.4 Å². The van der Waals surface area contributed by atoms with Crippen molar-refractivity contribution in [2.45, 2.75) is 25.6 Å². The van der Waals surface area contributed by atoms with Crippen LogP contribution in [0.3, 0.4) is 0 Å². The average molecular weight is 463 g/mol. The summed E-state index contributed by atoms with van der Waals surface area (Å²) in [5, 5.41) is 12.2. The monoisotopic (exact) mass is 462 g/mol. The number of rotatable bonds is 7. The zero-order chi connectivity index (χ0) is 24.3. The van der Waals surface area contributed by atoms with Gasteiger partial charge >= 0.3 is 5.97 Å². The molecule has 0 saturated carbocycles. The van der Waals surface area contributed by atoms with Crippen molar-refractivity contribution in [3.05, 3.63) is 76.9 Å². The minimum absolute atomic E-state index is 0.354. The molecule has 1 amide bonds. The lowest BCUT2D eigenvalue weighted by Gasteiger charge is -2.26. The fourth-order valence-electron chi connectivity index (χ4n) is 3.45. The third-order valence-corrected chi connectivity index (χ3v) is 5.44. The number of aliphatic hydroxyl groups excluding tert-OH is 1. The number of carbonyl (C=O) groups is 2. The second-order valence-corrected chi connectivity index (χ2v) is 8.03. The van der Waals surface area contributed by atoms with Gasteiger partial charge in [-0.15, -0.1) is 0 Å². The first kappa shape index (κ1) is 25.2. The molecule has 2 unspecified atom stereocenters. The second-order valence-electron chi connectivity index (χ2n) is 8.03. The van der Waals surface area contributed by atoms with Gasteiger partial charge in [0, 0.05) is 30.8 Å². The molecule has 3 rings (SSSR count). The van der Waals surface area contributed by atoms with Crippen molar-refractivity contribution in [3.63, 3.8) is 0 Å². The lowest BCUT2D eigenvalue weighted by Crippen LogP contribution is -2.48. The van der Waals surface area contributed by atoms with Crippen LogP contribution in [0.2, 0.25) is 0 Å². The molecule has 0 spiro atoms. The van der Waals surface area contributed by atoms with Gasteiger partial charge in [-0.1, -0.05) is 36.1 Å². The highest BCUT2D eigenvalue weighted by atomic mass is 16.5. The molecule has 0 aliphatic carbocycles. The van der Waals surface area contributed by atoms with Crippen molar-refractivity contribution in [1.29, 1.82) is 0 Å². The van der Waals surface area contributed by atoms with E-state index in [-0.39, 0.29) is 0 Å². The van der Waals surface area contributed by atoms with E-state index < -0.39 is 24.0 Å². The SMILES string of the molecule is COC(=O)C(NC(=O)c1ccc(C#C/C=C/c2ccc(CN3CCOCC3)cc2)cc1)C(C)O. The zero-order valence-corrected chi connectivity index (χ0v) is 19.5. The minimum atomic E-state index is -1.13. The van der Waals surface area contributed by atoms with Crippen molar-refractivity contribution < 1.29 is 24.2 Å². The normalized spacial score (nSPS) is 15.7. The molecule has 7 nitrogen and oxygen atoms in total. The van der Waals surface area contributed by atoms with E-state index in [9.17, 15) is 14.7 Å². The summed E-state index contributed by atoms with van der Waals surface area (Å²) in [4.78, 5) is 26.4. The lowest BCUT2D eigenvalue weighted by molar-refractivity contribution is -0.145. The molecule has 1 saturated heterocycles. The topological polar surface area (TPSA) is 88.1 Å². The molecule has 1 fully saturated rings. The predicted octanol–water partition coefficient (Wildman–Crippen LogP) is 2.24. The first-order chi connectivity index (χ1) is 16.5. The smallest absolute Gasteiger partial charge is 0.331 e. The van der Waals surface area contributed by atoms with Gasteiger partial charge in [-0.2, -0.15) is 0 Å². The molecule has 0 bridgehead atoms. The Hall–Kier alpha value is -3.44. The van der Waals surface area contributed by atoms with Gasteiger partial charge in [0.15, 0.2) is 6.04 Å². The van der Waals surface area contributed by atoms with Crippen LogP contribution in [-0.4, -0.2) is 67.4 Å². The fourth-order valence-corrected chi connectivity index (χ4v) is 3.45. The van der Waals surface area contributed by atoms with Crippen LogP contribution < -0.4 is 5.32 Å². The Labute approximate surface area is 200 Å². The van der Waals surface area contributed by atoms with Gasteiger partial charge < -0.3 is 19.9 Å². The molecular weight excluding hydrogens is 432 g/mol. The number of methoxy groups -OCH3 is 1. The molecular formula is C27H30N2O5. The molecule has 0 aromatic heterocycles. The van der Waals surface area contributed by atoms with E-state index in [1.54, 1.807) is 30.3 Å². The molecule has 7 heteroatoms. The summed E-state index contributed by atoms with van der Waals surface area (Å²) in [5.41, 5.74) is 3.46. The molecule has 2 atom stereocenters. The number of allylic oxidation sites excluding steroid dienone is 1. The number of esters is 1. The summed E-state index contributed by atoms with van der Waals surface area (Å²) in [7, 11) is 1.20. The Bertz CT molecular complexity index is 1040. The van der Waals surface area contributed by atoms with Crippen molar-refractivity contribution in [2.24, 2.45) is 0 Å². The van der Waals surface area contributed by atoms with Crippen molar-refractivity contribution in [2.75, 3.05) is 33.4 Å². The number of aliphatic hydroxyl groups is 1. The van der Waals surface area contributed by atoms with Crippen LogP contribution in [-0.2, 0) is 20.8 Å². The number of morpholine rings is 1. The van der Waals surface area contributed by atoms with Gasteiger partial charge in [0.2, 0.25) is 0 Å². The molecule has 1 aliphatic rings. The summed E-state index contributed by atoms with van der Waals surface area (Å²) in [6.07, 6.45) is 2.67. The molecule has 34 heavy (non-hydrogen) atoms. The van der Waals surface area contributed by atoms with E-state index in [0.29, 0.717) is 5.56 Å². The van der Waals surface area contributed by atoms with Crippen LogP contribution in [0.25, 0.3) is 6.08 Å². The van der Waals surface area contributed by atoms with Gasteiger partial charge in [0.25, 0.3) is 5.91 Å². The molecule has 1 heterocycles. The van der Waals surface area contributed by atoms with E-state index >= 15 is 0 Å². The third kappa shape index (κ3) is 7.56. The van der Waals surface area contributed by atoms with E-state index in [1.165, 1.54) is 19.6 Å². The summed E-state index contributed by atoms with van der Waals surface area (Å²) in [6.45, 7) is 5.89. The van der Waals surface area contributed by atoms with Crippen LogP contribution >= 0.6 is 0 Å². The Kier molecular flexibility index (Phi) is 9.41. The fraction of sp³-hybridized carbons (Fsp3) is 0.333. The van der Waals surface area contributed by atoms with Gasteiger partial charge in [-0.3, -0.25) is 9.69 Å². The largest absolute Gasteiger partial charge is 0.467 e. The van der Waals surface area contributed by atoms with E-state index in [2.05, 4.69) is 51.1 Å². The first-order valence-corrected chi connectivity index (χ1v) is 11.2. The summed E-state index contributed by atoms with van der Waals surface area (Å²) >= 11 is 0. The zero-order valence-electron chi connectivity index (χ0n) is 19.5. The number of benzene rings is 2.